The number of carboxylic acids is 1. The van der Waals surface area contributed by atoms with Crippen LogP contribution in [0.3, 0.4) is 0 Å². The summed E-state index contributed by atoms with van der Waals surface area (Å²) in [6.45, 7) is 1.67. The maximum atomic E-state index is 10.9. The Morgan fingerprint density at radius 2 is 2.12 bits per heavy atom. The first-order valence-corrected chi connectivity index (χ1v) is 5.49. The van der Waals surface area contributed by atoms with Crippen LogP contribution in [0.5, 0.6) is 0 Å². The van der Waals surface area contributed by atoms with Gasteiger partial charge in [-0.3, -0.25) is 0 Å². The first kappa shape index (κ1) is 12.0. The molecule has 0 aliphatic carbocycles. The maximum Gasteiger partial charge on any atom is 0.356 e. The van der Waals surface area contributed by atoms with Crippen LogP contribution in [0.1, 0.15) is 16.1 Å². The van der Waals surface area contributed by atoms with Crippen LogP contribution in [0.2, 0.25) is 10.0 Å². The fourth-order valence-electron chi connectivity index (χ4n) is 1.46. The van der Waals surface area contributed by atoms with Crippen LogP contribution in [0.15, 0.2) is 24.4 Å². The van der Waals surface area contributed by atoms with Gasteiger partial charge >= 0.3 is 5.97 Å². The van der Waals surface area contributed by atoms with Crippen LogP contribution < -0.4 is 0 Å². The molecule has 0 unspecified atom stereocenters. The number of benzene rings is 1. The topological polar surface area (TPSA) is 55.1 Å². The molecule has 1 aromatic carbocycles. The van der Waals surface area contributed by atoms with Gasteiger partial charge in [0.15, 0.2) is 5.69 Å². The number of hydrogen-bond donors (Lipinski definition) is 1. The number of aromatic carboxylic acids is 1. The predicted octanol–water partition coefficient (Wildman–Crippen LogP) is 3.19. The third kappa shape index (κ3) is 2.28. The Balaban J connectivity index is 2.57. The van der Waals surface area contributed by atoms with Gasteiger partial charge in [-0.1, -0.05) is 23.2 Å². The molecule has 88 valence electrons. The highest BCUT2D eigenvalue weighted by molar-refractivity contribution is 6.34. The molecule has 0 bridgehead atoms. The van der Waals surface area contributed by atoms with Crippen molar-refractivity contribution in [2.75, 3.05) is 0 Å². The van der Waals surface area contributed by atoms with E-state index >= 15 is 0 Å². The van der Waals surface area contributed by atoms with Gasteiger partial charge in [-0.25, -0.2) is 9.48 Å². The van der Waals surface area contributed by atoms with Crippen molar-refractivity contribution in [1.29, 1.82) is 0 Å². The summed E-state index contributed by atoms with van der Waals surface area (Å²) in [6.07, 6.45) is 1.60. The third-order valence-electron chi connectivity index (χ3n) is 2.25. The summed E-state index contributed by atoms with van der Waals surface area (Å²) in [5.74, 6) is -1.07. The Bertz CT molecular complexity index is 593. The van der Waals surface area contributed by atoms with Crippen LogP contribution in [0, 0.1) is 6.92 Å². The molecular formula is C11H8Cl2N2O2. The third-order valence-corrected chi connectivity index (χ3v) is 2.81. The lowest BCUT2D eigenvalue weighted by Crippen LogP contribution is -2.02. The maximum absolute atomic E-state index is 10.9. The molecule has 2 aromatic rings. The average Bonchev–Trinajstić information content (AvgIpc) is 2.64. The average molecular weight is 271 g/mol. The quantitative estimate of drug-likeness (QED) is 0.912. The SMILES string of the molecule is Cc1cn(-c2cc(Cl)ccc2Cl)nc1C(=O)O. The zero-order chi connectivity index (χ0) is 12.6. The molecule has 0 saturated heterocycles. The molecule has 0 aliphatic rings. The van der Waals surface area contributed by atoms with Gasteiger partial charge in [0.25, 0.3) is 0 Å². The normalized spacial score (nSPS) is 10.5. The van der Waals surface area contributed by atoms with Gasteiger partial charge in [-0.15, -0.1) is 0 Å². The Labute approximate surface area is 107 Å². The standard InChI is InChI=1S/C11H8Cl2N2O2/c1-6-5-15(14-10(6)11(16)17)9-4-7(12)2-3-8(9)13/h2-5H,1H3,(H,16,17). The number of carboxylic acid groups (broad SMARTS) is 1. The molecule has 0 radical (unpaired) electrons. The van der Waals surface area contributed by atoms with Gasteiger partial charge in [0, 0.05) is 16.8 Å². The number of halogens is 2. The minimum absolute atomic E-state index is 0.000965. The summed E-state index contributed by atoms with van der Waals surface area (Å²) >= 11 is 11.9. The van der Waals surface area contributed by atoms with Crippen molar-refractivity contribution in [3.05, 3.63) is 45.7 Å². The summed E-state index contributed by atoms with van der Waals surface area (Å²) in [5.41, 5.74) is 1.12. The van der Waals surface area contributed by atoms with Crippen molar-refractivity contribution in [2.45, 2.75) is 6.92 Å². The molecule has 1 aromatic heterocycles. The molecule has 0 saturated carbocycles. The smallest absolute Gasteiger partial charge is 0.356 e. The first-order chi connectivity index (χ1) is 7.99. The molecule has 4 nitrogen and oxygen atoms in total. The number of carbonyl (C=O) groups is 1. The van der Waals surface area contributed by atoms with Gasteiger partial charge in [0.05, 0.1) is 10.7 Å². The zero-order valence-corrected chi connectivity index (χ0v) is 10.3. The number of hydrogen-bond acceptors (Lipinski definition) is 2. The van der Waals surface area contributed by atoms with Crippen LogP contribution in [0.4, 0.5) is 0 Å². The number of nitrogens with zero attached hydrogens (tertiary/aromatic N) is 2. The molecule has 2 rings (SSSR count). The summed E-state index contributed by atoms with van der Waals surface area (Å²) < 4.78 is 1.41. The highest BCUT2D eigenvalue weighted by atomic mass is 35.5. The predicted molar refractivity (Wildman–Crippen MR) is 65.3 cm³/mol. The molecule has 1 heterocycles. The van der Waals surface area contributed by atoms with Gasteiger partial charge in [-0.05, 0) is 25.1 Å². The van der Waals surface area contributed by atoms with E-state index in [0.29, 0.717) is 21.3 Å². The van der Waals surface area contributed by atoms with Gasteiger partial charge in [0.2, 0.25) is 0 Å². The molecule has 0 aliphatic heterocycles. The number of rotatable bonds is 2. The Hall–Kier alpha value is -1.52. The minimum Gasteiger partial charge on any atom is -0.476 e. The first-order valence-electron chi connectivity index (χ1n) is 4.74. The lowest BCUT2D eigenvalue weighted by atomic mass is 10.3. The number of aryl methyl sites for hydroxylation is 1. The molecule has 0 atom stereocenters. The highest BCUT2D eigenvalue weighted by Gasteiger charge is 2.14. The summed E-state index contributed by atoms with van der Waals surface area (Å²) in [5, 5.41) is 13.8. The van der Waals surface area contributed by atoms with E-state index < -0.39 is 5.97 Å². The summed E-state index contributed by atoms with van der Waals surface area (Å²) in [6, 6.07) is 4.92. The van der Waals surface area contributed by atoms with Gasteiger partial charge in [0.1, 0.15) is 0 Å². The second-order valence-corrected chi connectivity index (χ2v) is 4.35. The minimum atomic E-state index is -1.07. The molecule has 6 heteroatoms. The van der Waals surface area contributed by atoms with E-state index in [-0.39, 0.29) is 5.69 Å². The molecular weight excluding hydrogens is 263 g/mol. The zero-order valence-electron chi connectivity index (χ0n) is 8.82. The highest BCUT2D eigenvalue weighted by Crippen LogP contribution is 2.24. The van der Waals surface area contributed by atoms with Crippen LogP contribution in [0.25, 0.3) is 5.69 Å². The van der Waals surface area contributed by atoms with Gasteiger partial charge in [-0.2, -0.15) is 5.10 Å². The van der Waals surface area contributed by atoms with Crippen molar-refractivity contribution in [1.82, 2.24) is 9.78 Å². The Morgan fingerprint density at radius 1 is 1.41 bits per heavy atom. The fraction of sp³-hybridized carbons (Fsp3) is 0.0909. The van der Waals surface area contributed by atoms with Crippen molar-refractivity contribution >= 4 is 29.2 Å². The van der Waals surface area contributed by atoms with Crippen molar-refractivity contribution in [2.24, 2.45) is 0 Å². The van der Waals surface area contributed by atoms with Gasteiger partial charge < -0.3 is 5.11 Å². The lowest BCUT2D eigenvalue weighted by Gasteiger charge is -2.04. The van der Waals surface area contributed by atoms with E-state index in [4.69, 9.17) is 28.3 Å². The lowest BCUT2D eigenvalue weighted by molar-refractivity contribution is 0.0689. The monoisotopic (exact) mass is 270 g/mol. The van der Waals surface area contributed by atoms with Crippen LogP contribution in [-0.4, -0.2) is 20.9 Å². The van der Waals surface area contributed by atoms with E-state index in [0.717, 1.165) is 0 Å². The van der Waals surface area contributed by atoms with E-state index in [1.807, 2.05) is 0 Å². The molecule has 0 spiro atoms. The largest absolute Gasteiger partial charge is 0.476 e. The summed E-state index contributed by atoms with van der Waals surface area (Å²) in [7, 11) is 0. The van der Waals surface area contributed by atoms with E-state index in [2.05, 4.69) is 5.10 Å². The summed E-state index contributed by atoms with van der Waals surface area (Å²) in [4.78, 5) is 10.9. The Morgan fingerprint density at radius 3 is 2.71 bits per heavy atom. The van der Waals surface area contributed by atoms with E-state index in [1.165, 1.54) is 4.68 Å². The van der Waals surface area contributed by atoms with Crippen LogP contribution >= 0.6 is 23.2 Å². The number of aromatic nitrogens is 2. The fourth-order valence-corrected chi connectivity index (χ4v) is 1.83. The van der Waals surface area contributed by atoms with Crippen molar-refractivity contribution < 1.29 is 9.90 Å². The molecule has 17 heavy (non-hydrogen) atoms. The second-order valence-electron chi connectivity index (χ2n) is 3.51. The van der Waals surface area contributed by atoms with Crippen molar-refractivity contribution in [3.8, 4) is 5.69 Å². The Kier molecular flexibility index (Phi) is 3.09. The van der Waals surface area contributed by atoms with E-state index in [9.17, 15) is 4.79 Å². The van der Waals surface area contributed by atoms with E-state index in [1.54, 1.807) is 31.3 Å². The molecule has 1 N–H and O–H groups in total. The van der Waals surface area contributed by atoms with Crippen molar-refractivity contribution in [3.63, 3.8) is 0 Å². The molecule has 0 fully saturated rings. The van der Waals surface area contributed by atoms with Crippen LogP contribution in [-0.2, 0) is 0 Å². The second kappa shape index (κ2) is 4.39. The molecule has 0 amide bonds.